The standard InChI is InChI=1S/C23H23ClN6O2/c1-31-21-6-4-16(12-20(21)24)14-26-22-19-11-15(13-25)3-5-18(19)23(28-27-22)30-9-7-17(8-10-30)29-32-2/h3-6,11-12H,7-10,14H2,1-2H3,(H,26,27). The number of anilines is 2. The fraction of sp³-hybridized carbons (Fsp3) is 0.304. The Balaban J connectivity index is 1.62. The van der Waals surface area contributed by atoms with Crippen molar-refractivity contribution in [1.29, 1.82) is 5.26 Å². The van der Waals surface area contributed by atoms with E-state index in [1.165, 1.54) is 0 Å². The lowest BCUT2D eigenvalue weighted by atomic mass is 10.1. The van der Waals surface area contributed by atoms with Crippen LogP contribution in [0.2, 0.25) is 5.02 Å². The molecule has 0 radical (unpaired) electrons. The lowest BCUT2D eigenvalue weighted by Gasteiger charge is -2.29. The Morgan fingerprint density at radius 2 is 1.94 bits per heavy atom. The number of nitriles is 1. The molecule has 4 rings (SSSR count). The quantitative estimate of drug-likeness (QED) is 0.556. The molecule has 0 atom stereocenters. The minimum absolute atomic E-state index is 0.504. The maximum atomic E-state index is 9.41. The van der Waals surface area contributed by atoms with Crippen molar-refractivity contribution in [2.45, 2.75) is 19.4 Å². The SMILES string of the molecule is CON=C1CCN(c2nnc(NCc3ccc(OC)c(Cl)c3)c3cc(C#N)ccc23)CC1. The van der Waals surface area contributed by atoms with E-state index in [0.29, 0.717) is 28.7 Å². The molecular weight excluding hydrogens is 428 g/mol. The molecule has 0 saturated carbocycles. The molecule has 9 heteroatoms. The molecule has 3 aromatic rings. The summed E-state index contributed by atoms with van der Waals surface area (Å²) in [6.45, 7) is 2.07. The minimum Gasteiger partial charge on any atom is -0.495 e. The molecule has 1 aliphatic rings. The lowest BCUT2D eigenvalue weighted by Crippen LogP contribution is -2.34. The molecule has 32 heavy (non-hydrogen) atoms. The van der Waals surface area contributed by atoms with Crippen molar-refractivity contribution < 1.29 is 9.57 Å². The van der Waals surface area contributed by atoms with E-state index >= 15 is 0 Å². The van der Waals surface area contributed by atoms with Crippen LogP contribution in [0.1, 0.15) is 24.0 Å². The third-order valence-electron chi connectivity index (χ3n) is 5.43. The van der Waals surface area contributed by atoms with Gasteiger partial charge in [0, 0.05) is 43.2 Å². The Labute approximate surface area is 191 Å². The zero-order valence-corrected chi connectivity index (χ0v) is 18.7. The number of hydrogen-bond donors (Lipinski definition) is 1. The van der Waals surface area contributed by atoms with E-state index in [1.807, 2.05) is 36.4 Å². The van der Waals surface area contributed by atoms with Crippen LogP contribution in [0.5, 0.6) is 5.75 Å². The van der Waals surface area contributed by atoms with Gasteiger partial charge < -0.3 is 19.8 Å². The number of methoxy groups -OCH3 is 1. The Bertz CT molecular complexity index is 1200. The number of oxime groups is 1. The molecular formula is C23H23ClN6O2. The number of nitrogens with one attached hydrogen (secondary N) is 1. The predicted octanol–water partition coefficient (Wildman–Crippen LogP) is 4.38. The minimum atomic E-state index is 0.504. The second-order valence-corrected chi connectivity index (χ2v) is 7.80. The van der Waals surface area contributed by atoms with Gasteiger partial charge in [0.2, 0.25) is 0 Å². The first-order chi connectivity index (χ1) is 15.6. The fourth-order valence-corrected chi connectivity index (χ4v) is 4.06. The van der Waals surface area contributed by atoms with Crippen LogP contribution in [0.4, 0.5) is 11.6 Å². The first kappa shape index (κ1) is 21.7. The zero-order chi connectivity index (χ0) is 22.5. The van der Waals surface area contributed by atoms with Crippen molar-refractivity contribution in [3.8, 4) is 11.8 Å². The smallest absolute Gasteiger partial charge is 0.159 e. The second-order valence-electron chi connectivity index (χ2n) is 7.39. The molecule has 2 heterocycles. The van der Waals surface area contributed by atoms with Crippen LogP contribution in [0.15, 0.2) is 41.6 Å². The third-order valence-corrected chi connectivity index (χ3v) is 5.72. The number of fused-ring (bicyclic) bond motifs is 1. The molecule has 0 spiro atoms. The van der Waals surface area contributed by atoms with Crippen molar-refractivity contribution in [2.75, 3.05) is 37.5 Å². The van der Waals surface area contributed by atoms with Crippen molar-refractivity contribution >= 4 is 39.7 Å². The number of nitrogens with zero attached hydrogens (tertiary/aromatic N) is 5. The van der Waals surface area contributed by atoms with Crippen molar-refractivity contribution in [1.82, 2.24) is 10.2 Å². The second kappa shape index (κ2) is 9.71. The van der Waals surface area contributed by atoms with Crippen LogP contribution < -0.4 is 15.0 Å². The predicted molar refractivity (Wildman–Crippen MR) is 125 cm³/mol. The van der Waals surface area contributed by atoms with Gasteiger partial charge in [-0.15, -0.1) is 10.2 Å². The van der Waals surface area contributed by atoms with Gasteiger partial charge in [0.25, 0.3) is 0 Å². The molecule has 8 nitrogen and oxygen atoms in total. The number of aromatic nitrogens is 2. The summed E-state index contributed by atoms with van der Waals surface area (Å²) in [7, 11) is 3.15. The third kappa shape index (κ3) is 4.53. The Kier molecular flexibility index (Phi) is 6.57. The highest BCUT2D eigenvalue weighted by molar-refractivity contribution is 6.32. The molecule has 1 fully saturated rings. The number of hydrogen-bond acceptors (Lipinski definition) is 8. The summed E-state index contributed by atoms with van der Waals surface area (Å²) in [5.41, 5.74) is 2.59. The van der Waals surface area contributed by atoms with E-state index in [2.05, 4.69) is 31.6 Å². The summed E-state index contributed by atoms with van der Waals surface area (Å²) in [5.74, 6) is 2.05. The zero-order valence-electron chi connectivity index (χ0n) is 17.9. The van der Waals surface area contributed by atoms with Gasteiger partial charge in [-0.1, -0.05) is 22.8 Å². The van der Waals surface area contributed by atoms with E-state index in [1.54, 1.807) is 14.2 Å². The number of rotatable bonds is 6. The van der Waals surface area contributed by atoms with E-state index in [9.17, 15) is 5.26 Å². The first-order valence-electron chi connectivity index (χ1n) is 10.2. The molecule has 0 aliphatic carbocycles. The van der Waals surface area contributed by atoms with Crippen molar-refractivity contribution in [3.63, 3.8) is 0 Å². The molecule has 1 aliphatic heterocycles. The molecule has 1 N–H and O–H groups in total. The highest BCUT2D eigenvalue weighted by Gasteiger charge is 2.21. The lowest BCUT2D eigenvalue weighted by molar-refractivity contribution is 0.211. The summed E-state index contributed by atoms with van der Waals surface area (Å²) in [6, 6.07) is 13.4. The van der Waals surface area contributed by atoms with Crippen molar-refractivity contribution in [3.05, 3.63) is 52.5 Å². The molecule has 2 aromatic carbocycles. The van der Waals surface area contributed by atoms with Crippen LogP contribution in [0.25, 0.3) is 10.8 Å². The first-order valence-corrected chi connectivity index (χ1v) is 10.6. The average molecular weight is 451 g/mol. The molecule has 164 valence electrons. The van der Waals surface area contributed by atoms with Crippen LogP contribution >= 0.6 is 11.6 Å². The Morgan fingerprint density at radius 3 is 2.62 bits per heavy atom. The summed E-state index contributed by atoms with van der Waals surface area (Å²) in [4.78, 5) is 7.10. The molecule has 0 unspecified atom stereocenters. The molecule has 0 bridgehead atoms. The maximum Gasteiger partial charge on any atom is 0.159 e. The normalized spacial score (nSPS) is 13.6. The Hall–Kier alpha value is -3.57. The Morgan fingerprint density at radius 1 is 1.12 bits per heavy atom. The summed E-state index contributed by atoms with van der Waals surface area (Å²) in [6.07, 6.45) is 1.62. The van der Waals surface area contributed by atoms with Gasteiger partial charge in [-0.3, -0.25) is 0 Å². The van der Waals surface area contributed by atoms with Gasteiger partial charge in [0.1, 0.15) is 12.9 Å². The van der Waals surface area contributed by atoms with Crippen LogP contribution in [0.3, 0.4) is 0 Å². The number of halogens is 1. The van der Waals surface area contributed by atoms with Gasteiger partial charge in [0.15, 0.2) is 11.6 Å². The van der Waals surface area contributed by atoms with Gasteiger partial charge in [0.05, 0.1) is 29.5 Å². The van der Waals surface area contributed by atoms with E-state index in [4.69, 9.17) is 21.2 Å². The summed E-state index contributed by atoms with van der Waals surface area (Å²) < 4.78 is 5.21. The summed E-state index contributed by atoms with van der Waals surface area (Å²) in [5, 5.41) is 28.1. The van der Waals surface area contributed by atoms with E-state index < -0.39 is 0 Å². The number of ether oxygens (including phenoxy) is 1. The molecule has 0 amide bonds. The highest BCUT2D eigenvalue weighted by Crippen LogP contribution is 2.31. The average Bonchev–Trinajstić information content (AvgIpc) is 2.83. The van der Waals surface area contributed by atoms with Crippen LogP contribution in [0, 0.1) is 11.3 Å². The van der Waals surface area contributed by atoms with Gasteiger partial charge in [-0.05, 0) is 35.9 Å². The number of benzene rings is 2. The fourth-order valence-electron chi connectivity index (χ4n) is 3.78. The van der Waals surface area contributed by atoms with E-state index in [0.717, 1.165) is 53.8 Å². The van der Waals surface area contributed by atoms with Crippen LogP contribution in [-0.2, 0) is 11.4 Å². The number of piperidine rings is 1. The van der Waals surface area contributed by atoms with Gasteiger partial charge >= 0.3 is 0 Å². The van der Waals surface area contributed by atoms with E-state index in [-0.39, 0.29) is 0 Å². The molecule has 1 saturated heterocycles. The summed E-state index contributed by atoms with van der Waals surface area (Å²) >= 11 is 6.24. The van der Waals surface area contributed by atoms with Crippen molar-refractivity contribution in [2.24, 2.45) is 5.16 Å². The molecule has 1 aromatic heterocycles. The highest BCUT2D eigenvalue weighted by atomic mass is 35.5. The maximum absolute atomic E-state index is 9.41. The van der Waals surface area contributed by atoms with Gasteiger partial charge in [-0.2, -0.15) is 5.26 Å². The topological polar surface area (TPSA) is 95.7 Å². The van der Waals surface area contributed by atoms with Gasteiger partial charge in [-0.25, -0.2) is 0 Å². The largest absolute Gasteiger partial charge is 0.495 e. The monoisotopic (exact) mass is 450 g/mol. The van der Waals surface area contributed by atoms with Crippen LogP contribution in [-0.4, -0.2) is 43.2 Å².